The van der Waals surface area contributed by atoms with Crippen molar-refractivity contribution in [2.24, 2.45) is 0 Å². The zero-order valence-electron chi connectivity index (χ0n) is 10.2. The summed E-state index contributed by atoms with van der Waals surface area (Å²) in [4.78, 5) is 0. The summed E-state index contributed by atoms with van der Waals surface area (Å²) in [5.74, 6) is 0.340. The number of benzene rings is 2. The summed E-state index contributed by atoms with van der Waals surface area (Å²) in [5.41, 5.74) is 1.60. The molecule has 3 N–H and O–H groups in total. The topological polar surface area (TPSA) is 69.9 Å². The Morgan fingerprint density at radius 1 is 1.00 bits per heavy atom. The molecule has 3 rings (SSSR count). The quantitative estimate of drug-likeness (QED) is 0.685. The number of hydrogen-bond donors (Lipinski definition) is 3. The molecule has 0 aromatic heterocycles. The Hall–Kier alpha value is -2.20. The van der Waals surface area contributed by atoms with Crippen LogP contribution in [0.1, 0.15) is 17.2 Å². The van der Waals surface area contributed by atoms with E-state index in [-0.39, 0.29) is 11.5 Å². The maximum absolute atomic E-state index is 10.2. The van der Waals surface area contributed by atoms with Crippen molar-refractivity contribution in [1.82, 2.24) is 0 Å². The fourth-order valence-electron chi connectivity index (χ4n) is 2.34. The highest BCUT2D eigenvalue weighted by Crippen LogP contribution is 2.37. The van der Waals surface area contributed by atoms with Crippen molar-refractivity contribution in [3.8, 4) is 17.2 Å². The monoisotopic (exact) mass is 258 g/mol. The van der Waals surface area contributed by atoms with E-state index in [2.05, 4.69) is 0 Å². The molecule has 19 heavy (non-hydrogen) atoms. The number of para-hydroxylation sites is 1. The number of aliphatic hydroxyl groups excluding tert-OH is 1. The number of ether oxygens (including phenoxy) is 1. The highest BCUT2D eigenvalue weighted by atomic mass is 16.5. The van der Waals surface area contributed by atoms with Gasteiger partial charge in [-0.1, -0.05) is 24.3 Å². The normalized spacial score (nSPS) is 21.5. The third kappa shape index (κ3) is 2.11. The second kappa shape index (κ2) is 4.48. The summed E-state index contributed by atoms with van der Waals surface area (Å²) < 4.78 is 5.78. The van der Waals surface area contributed by atoms with Crippen molar-refractivity contribution in [2.45, 2.75) is 18.6 Å². The van der Waals surface area contributed by atoms with Gasteiger partial charge >= 0.3 is 0 Å². The van der Waals surface area contributed by atoms with Gasteiger partial charge in [-0.15, -0.1) is 0 Å². The van der Waals surface area contributed by atoms with Gasteiger partial charge in [-0.25, -0.2) is 0 Å². The van der Waals surface area contributed by atoms with Gasteiger partial charge in [0, 0.05) is 6.42 Å². The summed E-state index contributed by atoms with van der Waals surface area (Å²) >= 11 is 0. The molecule has 2 aromatic carbocycles. The molecule has 0 bridgehead atoms. The van der Waals surface area contributed by atoms with Gasteiger partial charge in [0.1, 0.15) is 11.9 Å². The molecule has 0 aliphatic carbocycles. The molecule has 0 unspecified atom stereocenters. The standard InChI is InChI=1S/C15H14O4/c16-11-6-5-10(8-12(11)17)15-13(18)7-9-3-1-2-4-14(9)19-15/h1-6,8,13,15-18H,7H2/t13-,15-/m1/s1. The van der Waals surface area contributed by atoms with E-state index >= 15 is 0 Å². The molecular weight excluding hydrogens is 244 g/mol. The highest BCUT2D eigenvalue weighted by Gasteiger charge is 2.30. The van der Waals surface area contributed by atoms with Crippen LogP contribution in [0.5, 0.6) is 17.2 Å². The molecule has 1 aliphatic rings. The predicted octanol–water partition coefficient (Wildman–Crippen LogP) is 2.13. The first-order chi connectivity index (χ1) is 9.15. The Kier molecular flexibility index (Phi) is 2.80. The molecular formula is C15H14O4. The number of aromatic hydroxyl groups is 2. The third-order valence-electron chi connectivity index (χ3n) is 3.33. The SMILES string of the molecule is Oc1ccc([C@H]2Oc3ccccc3C[C@H]2O)cc1O. The van der Waals surface area contributed by atoms with Gasteiger partial charge in [-0.3, -0.25) is 0 Å². The van der Waals surface area contributed by atoms with Crippen molar-refractivity contribution < 1.29 is 20.1 Å². The van der Waals surface area contributed by atoms with Crippen LogP contribution in [0.3, 0.4) is 0 Å². The van der Waals surface area contributed by atoms with E-state index in [1.54, 1.807) is 6.07 Å². The van der Waals surface area contributed by atoms with Gasteiger partial charge in [0.2, 0.25) is 0 Å². The van der Waals surface area contributed by atoms with E-state index in [0.717, 1.165) is 11.3 Å². The minimum atomic E-state index is -0.682. The van der Waals surface area contributed by atoms with Crippen LogP contribution in [-0.4, -0.2) is 21.4 Å². The summed E-state index contributed by atoms with van der Waals surface area (Å²) in [7, 11) is 0. The highest BCUT2D eigenvalue weighted by molar-refractivity contribution is 5.43. The number of rotatable bonds is 1. The molecule has 1 heterocycles. The van der Waals surface area contributed by atoms with Gasteiger partial charge in [0.15, 0.2) is 11.5 Å². The molecule has 0 radical (unpaired) electrons. The lowest BCUT2D eigenvalue weighted by Gasteiger charge is -2.30. The first-order valence-corrected chi connectivity index (χ1v) is 6.09. The van der Waals surface area contributed by atoms with Crippen LogP contribution >= 0.6 is 0 Å². The van der Waals surface area contributed by atoms with E-state index in [9.17, 15) is 15.3 Å². The Morgan fingerprint density at radius 2 is 1.79 bits per heavy atom. The van der Waals surface area contributed by atoms with E-state index < -0.39 is 12.2 Å². The lowest BCUT2D eigenvalue weighted by atomic mass is 9.94. The van der Waals surface area contributed by atoms with Crippen molar-refractivity contribution >= 4 is 0 Å². The second-order valence-electron chi connectivity index (χ2n) is 4.67. The number of phenolic OH excluding ortho intramolecular Hbond substituents is 2. The number of aliphatic hydroxyl groups is 1. The van der Waals surface area contributed by atoms with Gasteiger partial charge < -0.3 is 20.1 Å². The molecule has 4 heteroatoms. The fourth-order valence-corrected chi connectivity index (χ4v) is 2.34. The fraction of sp³-hybridized carbons (Fsp3) is 0.200. The molecule has 2 aromatic rings. The Labute approximate surface area is 110 Å². The summed E-state index contributed by atoms with van der Waals surface area (Å²) in [6, 6.07) is 12.0. The molecule has 98 valence electrons. The second-order valence-corrected chi connectivity index (χ2v) is 4.67. The van der Waals surface area contributed by atoms with Gasteiger partial charge in [-0.05, 0) is 29.3 Å². The third-order valence-corrected chi connectivity index (χ3v) is 3.33. The molecule has 0 saturated carbocycles. The Morgan fingerprint density at radius 3 is 2.58 bits per heavy atom. The van der Waals surface area contributed by atoms with Crippen LogP contribution in [0.4, 0.5) is 0 Å². The maximum Gasteiger partial charge on any atom is 0.157 e. The minimum Gasteiger partial charge on any atom is -0.504 e. The summed E-state index contributed by atoms with van der Waals surface area (Å²) in [5, 5.41) is 29.0. The Bertz CT molecular complexity index is 609. The average Bonchev–Trinajstić information content (AvgIpc) is 2.41. The Balaban J connectivity index is 1.96. The van der Waals surface area contributed by atoms with Crippen LogP contribution in [0.2, 0.25) is 0 Å². The van der Waals surface area contributed by atoms with Crippen LogP contribution in [0.25, 0.3) is 0 Å². The maximum atomic E-state index is 10.2. The minimum absolute atomic E-state index is 0.186. The first kappa shape index (κ1) is 11.9. The number of hydrogen-bond acceptors (Lipinski definition) is 4. The van der Waals surface area contributed by atoms with E-state index in [1.165, 1.54) is 12.1 Å². The van der Waals surface area contributed by atoms with E-state index in [1.807, 2.05) is 24.3 Å². The first-order valence-electron chi connectivity index (χ1n) is 6.09. The van der Waals surface area contributed by atoms with Crippen LogP contribution in [0.15, 0.2) is 42.5 Å². The average molecular weight is 258 g/mol. The van der Waals surface area contributed by atoms with Crippen LogP contribution < -0.4 is 4.74 Å². The van der Waals surface area contributed by atoms with Crippen molar-refractivity contribution in [1.29, 1.82) is 0 Å². The van der Waals surface area contributed by atoms with Crippen LogP contribution in [0, 0.1) is 0 Å². The lowest BCUT2D eigenvalue weighted by Crippen LogP contribution is -2.30. The summed E-state index contributed by atoms with van der Waals surface area (Å²) in [6.07, 6.45) is -0.720. The molecule has 0 spiro atoms. The smallest absolute Gasteiger partial charge is 0.157 e. The molecule has 2 atom stereocenters. The van der Waals surface area contributed by atoms with Crippen molar-refractivity contribution in [3.05, 3.63) is 53.6 Å². The van der Waals surface area contributed by atoms with E-state index in [4.69, 9.17) is 4.74 Å². The number of phenols is 2. The van der Waals surface area contributed by atoms with Crippen LogP contribution in [-0.2, 0) is 6.42 Å². The largest absolute Gasteiger partial charge is 0.504 e. The summed E-state index contributed by atoms with van der Waals surface area (Å²) in [6.45, 7) is 0. The lowest BCUT2D eigenvalue weighted by molar-refractivity contribution is 0.0207. The van der Waals surface area contributed by atoms with Crippen molar-refractivity contribution in [3.63, 3.8) is 0 Å². The van der Waals surface area contributed by atoms with Crippen molar-refractivity contribution in [2.75, 3.05) is 0 Å². The number of fused-ring (bicyclic) bond motifs is 1. The molecule has 1 aliphatic heterocycles. The molecule has 4 nitrogen and oxygen atoms in total. The van der Waals surface area contributed by atoms with Gasteiger partial charge in [0.05, 0.1) is 6.10 Å². The molecule has 0 amide bonds. The van der Waals surface area contributed by atoms with Gasteiger partial charge in [0.25, 0.3) is 0 Å². The zero-order valence-corrected chi connectivity index (χ0v) is 10.2. The molecule has 0 saturated heterocycles. The van der Waals surface area contributed by atoms with E-state index in [0.29, 0.717) is 12.0 Å². The zero-order chi connectivity index (χ0) is 13.4. The van der Waals surface area contributed by atoms with Gasteiger partial charge in [-0.2, -0.15) is 0 Å². The predicted molar refractivity (Wildman–Crippen MR) is 69.3 cm³/mol. The molecule has 0 fully saturated rings.